The zero-order valence-corrected chi connectivity index (χ0v) is 11.8. The van der Waals surface area contributed by atoms with Crippen LogP contribution in [0.2, 0.25) is 0 Å². The molecule has 0 saturated heterocycles. The van der Waals surface area contributed by atoms with Gasteiger partial charge in [-0.25, -0.2) is 0 Å². The predicted octanol–water partition coefficient (Wildman–Crippen LogP) is 3.02. The molecule has 2 aliphatic rings. The molecule has 0 heterocycles. The minimum Gasteiger partial charge on any atom is -0.329 e. The van der Waals surface area contributed by atoms with Gasteiger partial charge < -0.3 is 5.73 Å². The van der Waals surface area contributed by atoms with Crippen LogP contribution in [0.1, 0.15) is 58.8 Å². The average molecular weight is 238 g/mol. The van der Waals surface area contributed by atoms with Crippen LogP contribution in [0.15, 0.2) is 0 Å². The fraction of sp³-hybridized carbons (Fsp3) is 1.00. The number of nitrogens with zero attached hydrogens (tertiary/aromatic N) is 1. The summed E-state index contributed by atoms with van der Waals surface area (Å²) in [5.74, 6) is 1.96. The van der Waals surface area contributed by atoms with E-state index < -0.39 is 0 Å². The number of likely N-dealkylation sites (N-methyl/N-ethyl adjacent to an activating group) is 1. The molecule has 17 heavy (non-hydrogen) atoms. The molecule has 0 aromatic rings. The fourth-order valence-corrected chi connectivity index (χ4v) is 3.54. The summed E-state index contributed by atoms with van der Waals surface area (Å²) < 4.78 is 0. The lowest BCUT2D eigenvalue weighted by molar-refractivity contribution is 0.0420. The molecule has 2 heteroatoms. The highest BCUT2D eigenvalue weighted by Gasteiger charge is 2.40. The van der Waals surface area contributed by atoms with Crippen LogP contribution in [0.5, 0.6) is 0 Å². The van der Waals surface area contributed by atoms with Crippen molar-refractivity contribution in [2.24, 2.45) is 17.6 Å². The second-order valence-corrected chi connectivity index (χ2v) is 6.26. The van der Waals surface area contributed by atoms with Crippen LogP contribution < -0.4 is 5.73 Å². The Morgan fingerprint density at radius 2 is 1.71 bits per heavy atom. The summed E-state index contributed by atoms with van der Waals surface area (Å²) in [6, 6.07) is 0. The molecule has 2 N–H and O–H groups in total. The first-order chi connectivity index (χ1) is 8.24. The van der Waals surface area contributed by atoms with E-state index in [1.807, 2.05) is 0 Å². The van der Waals surface area contributed by atoms with Crippen molar-refractivity contribution in [1.82, 2.24) is 4.90 Å². The highest BCUT2D eigenvalue weighted by Crippen LogP contribution is 2.39. The minimum atomic E-state index is 0.350. The predicted molar refractivity (Wildman–Crippen MR) is 74.0 cm³/mol. The monoisotopic (exact) mass is 238 g/mol. The Balaban J connectivity index is 1.96. The molecule has 0 aromatic carbocycles. The first-order valence-electron chi connectivity index (χ1n) is 7.69. The summed E-state index contributed by atoms with van der Waals surface area (Å²) >= 11 is 0. The third-order valence-corrected chi connectivity index (χ3v) is 5.22. The summed E-state index contributed by atoms with van der Waals surface area (Å²) in [6.45, 7) is 8.01. The van der Waals surface area contributed by atoms with Crippen molar-refractivity contribution in [3.8, 4) is 0 Å². The van der Waals surface area contributed by atoms with Crippen molar-refractivity contribution in [3.63, 3.8) is 0 Å². The van der Waals surface area contributed by atoms with Gasteiger partial charge in [-0.1, -0.05) is 20.3 Å². The number of hydrogen-bond donors (Lipinski definition) is 1. The Hall–Kier alpha value is -0.0800. The van der Waals surface area contributed by atoms with Crippen LogP contribution in [-0.4, -0.2) is 30.1 Å². The van der Waals surface area contributed by atoms with E-state index in [9.17, 15) is 0 Å². The first kappa shape index (κ1) is 13.4. The summed E-state index contributed by atoms with van der Waals surface area (Å²) in [5, 5.41) is 0. The van der Waals surface area contributed by atoms with Gasteiger partial charge in [0.1, 0.15) is 0 Å². The molecule has 0 unspecified atom stereocenters. The van der Waals surface area contributed by atoms with E-state index in [1.165, 1.54) is 58.0 Å². The average Bonchev–Trinajstić information content (AvgIpc) is 3.20. The van der Waals surface area contributed by atoms with Gasteiger partial charge in [-0.2, -0.15) is 0 Å². The van der Waals surface area contributed by atoms with E-state index >= 15 is 0 Å². The largest absolute Gasteiger partial charge is 0.329 e. The van der Waals surface area contributed by atoms with Crippen LogP contribution in [0.25, 0.3) is 0 Å². The standard InChI is InChI=1S/C15H30N2/c1-3-13-7-9-15(12-16,10-8-13)17(4-2)11-14-5-6-14/h13-14H,3-12,16H2,1-2H3. The lowest BCUT2D eigenvalue weighted by atomic mass is 9.74. The molecule has 2 aliphatic carbocycles. The van der Waals surface area contributed by atoms with Gasteiger partial charge in [-0.15, -0.1) is 0 Å². The molecule has 2 rings (SSSR count). The molecule has 0 atom stereocenters. The van der Waals surface area contributed by atoms with Gasteiger partial charge in [-0.05, 0) is 56.9 Å². The summed E-state index contributed by atoms with van der Waals surface area (Å²) in [6.07, 6.45) is 9.73. The molecule has 0 radical (unpaired) electrons. The van der Waals surface area contributed by atoms with Gasteiger partial charge in [0.25, 0.3) is 0 Å². The van der Waals surface area contributed by atoms with E-state index in [4.69, 9.17) is 5.73 Å². The maximum atomic E-state index is 6.16. The molecule has 0 bridgehead atoms. The van der Waals surface area contributed by atoms with Crippen molar-refractivity contribution in [1.29, 1.82) is 0 Å². The molecule has 0 aromatic heterocycles. The summed E-state index contributed by atoms with van der Waals surface area (Å²) in [7, 11) is 0. The number of rotatable bonds is 6. The van der Waals surface area contributed by atoms with Gasteiger partial charge >= 0.3 is 0 Å². The molecule has 0 amide bonds. The highest BCUT2D eigenvalue weighted by molar-refractivity contribution is 4.97. The zero-order chi connectivity index (χ0) is 12.3. The molecule has 0 spiro atoms. The zero-order valence-electron chi connectivity index (χ0n) is 11.8. The Labute approximate surface area is 107 Å². The van der Waals surface area contributed by atoms with E-state index in [2.05, 4.69) is 18.7 Å². The quantitative estimate of drug-likeness (QED) is 0.771. The van der Waals surface area contributed by atoms with E-state index in [0.29, 0.717) is 5.54 Å². The molecule has 0 aliphatic heterocycles. The molecule has 2 saturated carbocycles. The van der Waals surface area contributed by atoms with Crippen LogP contribution in [0.3, 0.4) is 0 Å². The lowest BCUT2D eigenvalue weighted by Crippen LogP contribution is -2.56. The third kappa shape index (κ3) is 3.03. The topological polar surface area (TPSA) is 29.3 Å². The molecule has 2 nitrogen and oxygen atoms in total. The first-order valence-corrected chi connectivity index (χ1v) is 7.69. The second kappa shape index (κ2) is 5.71. The van der Waals surface area contributed by atoms with E-state index in [-0.39, 0.29) is 0 Å². The number of nitrogens with two attached hydrogens (primary N) is 1. The Morgan fingerprint density at radius 3 is 2.12 bits per heavy atom. The minimum absolute atomic E-state index is 0.350. The lowest BCUT2D eigenvalue weighted by Gasteiger charge is -2.47. The van der Waals surface area contributed by atoms with Gasteiger partial charge in [-0.3, -0.25) is 4.90 Å². The normalized spacial score (nSPS) is 34.2. The SMILES string of the molecule is CCC1CCC(CN)(N(CC)CC2CC2)CC1. The Morgan fingerprint density at radius 1 is 1.06 bits per heavy atom. The van der Waals surface area contributed by atoms with Gasteiger partial charge in [0, 0.05) is 18.6 Å². The maximum absolute atomic E-state index is 6.16. The van der Waals surface area contributed by atoms with Gasteiger partial charge in [0.2, 0.25) is 0 Å². The van der Waals surface area contributed by atoms with Gasteiger partial charge in [0.15, 0.2) is 0 Å². The molecular formula is C15H30N2. The molecular weight excluding hydrogens is 208 g/mol. The Bertz CT molecular complexity index is 227. The van der Waals surface area contributed by atoms with Gasteiger partial charge in [0.05, 0.1) is 0 Å². The summed E-state index contributed by atoms with van der Waals surface area (Å²) in [5.41, 5.74) is 6.51. The third-order valence-electron chi connectivity index (χ3n) is 5.22. The maximum Gasteiger partial charge on any atom is 0.0331 e. The molecule has 2 fully saturated rings. The van der Waals surface area contributed by atoms with Crippen LogP contribution in [0, 0.1) is 11.8 Å². The Kier molecular flexibility index (Phi) is 4.48. The highest BCUT2D eigenvalue weighted by atomic mass is 15.2. The second-order valence-electron chi connectivity index (χ2n) is 6.26. The van der Waals surface area contributed by atoms with Crippen molar-refractivity contribution in [2.75, 3.05) is 19.6 Å². The van der Waals surface area contributed by atoms with E-state index in [0.717, 1.165) is 18.4 Å². The van der Waals surface area contributed by atoms with Crippen molar-refractivity contribution < 1.29 is 0 Å². The number of hydrogen-bond acceptors (Lipinski definition) is 2. The van der Waals surface area contributed by atoms with E-state index in [1.54, 1.807) is 0 Å². The van der Waals surface area contributed by atoms with Crippen molar-refractivity contribution in [3.05, 3.63) is 0 Å². The van der Waals surface area contributed by atoms with Crippen LogP contribution in [0.4, 0.5) is 0 Å². The van der Waals surface area contributed by atoms with Crippen molar-refractivity contribution >= 4 is 0 Å². The summed E-state index contributed by atoms with van der Waals surface area (Å²) in [4.78, 5) is 2.72. The van der Waals surface area contributed by atoms with Crippen LogP contribution >= 0.6 is 0 Å². The fourth-order valence-electron chi connectivity index (χ4n) is 3.54. The van der Waals surface area contributed by atoms with Crippen molar-refractivity contribution in [2.45, 2.75) is 64.3 Å². The smallest absolute Gasteiger partial charge is 0.0331 e. The van der Waals surface area contributed by atoms with Crippen LogP contribution in [-0.2, 0) is 0 Å². The molecule has 100 valence electrons.